The van der Waals surface area contributed by atoms with Crippen molar-refractivity contribution in [2.24, 2.45) is 5.92 Å². The van der Waals surface area contributed by atoms with Crippen molar-refractivity contribution >= 4 is 22.2 Å². The number of likely N-dealkylation sites (tertiary alicyclic amines) is 1. The molecule has 1 saturated heterocycles. The van der Waals surface area contributed by atoms with E-state index in [2.05, 4.69) is 11.9 Å². The van der Waals surface area contributed by atoms with Gasteiger partial charge < -0.3 is 4.90 Å². The summed E-state index contributed by atoms with van der Waals surface area (Å²) < 4.78 is 1.53. The van der Waals surface area contributed by atoms with Gasteiger partial charge in [-0.2, -0.15) is 0 Å². The Kier molecular flexibility index (Phi) is 3.80. The summed E-state index contributed by atoms with van der Waals surface area (Å²) in [4.78, 5) is 31.8. The maximum Gasteiger partial charge on any atom is 0.271 e. The molecule has 6 heteroatoms. The summed E-state index contributed by atoms with van der Waals surface area (Å²) in [7, 11) is 0. The molecule has 1 aliphatic heterocycles. The van der Waals surface area contributed by atoms with Gasteiger partial charge >= 0.3 is 0 Å². The number of hydrogen-bond donors (Lipinski definition) is 0. The van der Waals surface area contributed by atoms with Crippen molar-refractivity contribution in [1.29, 1.82) is 0 Å². The van der Waals surface area contributed by atoms with Crippen molar-refractivity contribution < 1.29 is 4.79 Å². The summed E-state index contributed by atoms with van der Waals surface area (Å²) >= 11 is 1.41. The number of hydrogen-bond acceptors (Lipinski definition) is 4. The predicted molar refractivity (Wildman–Crippen MR) is 83.0 cm³/mol. The molecule has 0 aromatic carbocycles. The number of rotatable bonds is 1. The van der Waals surface area contributed by atoms with Crippen LogP contribution >= 0.6 is 11.3 Å². The molecule has 5 nitrogen and oxygen atoms in total. The smallest absolute Gasteiger partial charge is 0.271 e. The average Bonchev–Trinajstić information content (AvgIpc) is 2.71. The fourth-order valence-electron chi connectivity index (χ4n) is 2.81. The maximum atomic E-state index is 12.6. The zero-order valence-corrected chi connectivity index (χ0v) is 13.2. The lowest BCUT2D eigenvalue weighted by atomic mass is 10.0. The maximum absolute atomic E-state index is 12.6. The molecule has 0 saturated carbocycles. The van der Waals surface area contributed by atoms with Gasteiger partial charge in [-0.1, -0.05) is 6.92 Å². The predicted octanol–water partition coefficient (Wildman–Crippen LogP) is 2.33. The van der Waals surface area contributed by atoms with Gasteiger partial charge in [-0.05, 0) is 32.1 Å². The first-order chi connectivity index (χ1) is 10.1. The van der Waals surface area contributed by atoms with Crippen LogP contribution in [0.2, 0.25) is 0 Å². The van der Waals surface area contributed by atoms with Crippen LogP contribution in [-0.2, 0) is 0 Å². The molecule has 1 unspecified atom stereocenters. The van der Waals surface area contributed by atoms with Crippen LogP contribution in [-0.4, -0.2) is 33.3 Å². The summed E-state index contributed by atoms with van der Waals surface area (Å²) in [6.07, 6.45) is 4.58. The van der Waals surface area contributed by atoms with Crippen molar-refractivity contribution in [2.75, 3.05) is 13.1 Å². The molecule has 1 amide bonds. The Balaban J connectivity index is 1.96. The highest BCUT2D eigenvalue weighted by molar-refractivity contribution is 7.15. The largest absolute Gasteiger partial charge is 0.338 e. The van der Waals surface area contributed by atoms with E-state index in [-0.39, 0.29) is 17.0 Å². The fraction of sp³-hybridized carbons (Fsp3) is 0.533. The fourth-order valence-corrected chi connectivity index (χ4v) is 3.64. The number of amides is 1. The van der Waals surface area contributed by atoms with Gasteiger partial charge in [0.1, 0.15) is 5.56 Å². The Morgan fingerprint density at radius 3 is 3.00 bits per heavy atom. The highest BCUT2D eigenvalue weighted by Crippen LogP contribution is 2.18. The summed E-state index contributed by atoms with van der Waals surface area (Å²) in [6, 6.07) is 0. The molecule has 0 radical (unpaired) electrons. The Bertz CT molecular complexity index is 734. The lowest BCUT2D eigenvalue weighted by Gasteiger charge is -2.20. The molecular formula is C15H19N3O2S. The second kappa shape index (κ2) is 5.60. The first kappa shape index (κ1) is 14.3. The topological polar surface area (TPSA) is 54.7 Å². The van der Waals surface area contributed by atoms with E-state index < -0.39 is 0 Å². The number of carbonyl (C=O) groups excluding carboxylic acids is 1. The molecule has 1 aliphatic rings. The van der Waals surface area contributed by atoms with Gasteiger partial charge in [-0.15, -0.1) is 11.3 Å². The molecule has 2 aromatic rings. The standard InChI is InChI=1S/C15H19N3O2S/c1-10-4-3-6-17(7-5-10)13(19)12-8-16-15-18(14(12)20)11(2)9-21-15/h8-10H,3-7H2,1-2H3. The summed E-state index contributed by atoms with van der Waals surface area (Å²) in [5.41, 5.74) is 0.760. The number of aromatic nitrogens is 2. The van der Waals surface area contributed by atoms with E-state index >= 15 is 0 Å². The molecule has 0 spiro atoms. The van der Waals surface area contributed by atoms with Crippen LogP contribution in [0.1, 0.15) is 42.2 Å². The van der Waals surface area contributed by atoms with E-state index in [1.165, 1.54) is 21.9 Å². The molecular weight excluding hydrogens is 286 g/mol. The van der Waals surface area contributed by atoms with E-state index in [9.17, 15) is 9.59 Å². The number of carbonyl (C=O) groups is 1. The Labute approximate surface area is 127 Å². The first-order valence-corrected chi connectivity index (χ1v) is 8.21. The second-order valence-corrected chi connectivity index (χ2v) is 6.64. The molecule has 0 N–H and O–H groups in total. The third kappa shape index (κ3) is 2.60. The summed E-state index contributed by atoms with van der Waals surface area (Å²) in [5.74, 6) is 0.463. The molecule has 1 fully saturated rings. The summed E-state index contributed by atoms with van der Waals surface area (Å²) in [6.45, 7) is 5.53. The van der Waals surface area contributed by atoms with Crippen LogP contribution in [0.25, 0.3) is 4.96 Å². The minimum absolute atomic E-state index is 0.179. The van der Waals surface area contributed by atoms with Crippen molar-refractivity contribution in [3.8, 4) is 0 Å². The molecule has 0 bridgehead atoms. The molecule has 3 rings (SSSR count). The van der Waals surface area contributed by atoms with Crippen molar-refractivity contribution in [2.45, 2.75) is 33.1 Å². The SMILES string of the molecule is Cc1csc2ncc(C(=O)N3CCCC(C)CC3)c(=O)n12. The van der Waals surface area contributed by atoms with E-state index in [0.717, 1.165) is 38.0 Å². The van der Waals surface area contributed by atoms with Crippen LogP contribution in [0.5, 0.6) is 0 Å². The lowest BCUT2D eigenvalue weighted by molar-refractivity contribution is 0.0758. The quantitative estimate of drug-likeness (QED) is 0.812. The van der Waals surface area contributed by atoms with Gasteiger partial charge in [-0.25, -0.2) is 4.98 Å². The molecule has 112 valence electrons. The van der Waals surface area contributed by atoms with E-state index in [1.54, 1.807) is 4.90 Å². The normalized spacial score (nSPS) is 19.7. The van der Waals surface area contributed by atoms with Gasteiger partial charge in [-0.3, -0.25) is 14.0 Å². The average molecular weight is 305 g/mol. The van der Waals surface area contributed by atoms with Crippen LogP contribution in [0.4, 0.5) is 0 Å². The highest BCUT2D eigenvalue weighted by atomic mass is 32.1. The van der Waals surface area contributed by atoms with E-state index in [1.807, 2.05) is 12.3 Å². The number of aryl methyl sites for hydroxylation is 1. The molecule has 21 heavy (non-hydrogen) atoms. The third-order valence-electron chi connectivity index (χ3n) is 4.15. The molecule has 0 aliphatic carbocycles. The third-order valence-corrected chi connectivity index (χ3v) is 5.11. The minimum atomic E-state index is -0.249. The van der Waals surface area contributed by atoms with Crippen LogP contribution in [0.15, 0.2) is 16.4 Å². The molecule has 1 atom stereocenters. The number of fused-ring (bicyclic) bond motifs is 1. The van der Waals surface area contributed by atoms with Crippen LogP contribution in [0, 0.1) is 12.8 Å². The zero-order chi connectivity index (χ0) is 15.0. The zero-order valence-electron chi connectivity index (χ0n) is 12.3. The van der Waals surface area contributed by atoms with Gasteiger partial charge in [0.2, 0.25) is 0 Å². The number of thiazole rings is 1. The summed E-state index contributed by atoms with van der Waals surface area (Å²) in [5, 5.41) is 1.88. The van der Waals surface area contributed by atoms with Crippen molar-refractivity contribution in [3.05, 3.63) is 33.2 Å². The first-order valence-electron chi connectivity index (χ1n) is 7.33. The van der Waals surface area contributed by atoms with Crippen LogP contribution in [0.3, 0.4) is 0 Å². The molecule has 2 aromatic heterocycles. The minimum Gasteiger partial charge on any atom is -0.338 e. The monoisotopic (exact) mass is 305 g/mol. The highest BCUT2D eigenvalue weighted by Gasteiger charge is 2.23. The van der Waals surface area contributed by atoms with Gasteiger partial charge in [0.15, 0.2) is 4.96 Å². The van der Waals surface area contributed by atoms with Gasteiger partial charge in [0.05, 0.1) is 0 Å². The van der Waals surface area contributed by atoms with Gasteiger partial charge in [0, 0.05) is 30.4 Å². The van der Waals surface area contributed by atoms with E-state index in [4.69, 9.17) is 0 Å². The Morgan fingerprint density at radius 1 is 1.38 bits per heavy atom. The Hall–Kier alpha value is -1.69. The Morgan fingerprint density at radius 2 is 2.19 bits per heavy atom. The van der Waals surface area contributed by atoms with E-state index in [0.29, 0.717) is 10.9 Å². The lowest BCUT2D eigenvalue weighted by Crippen LogP contribution is -2.36. The van der Waals surface area contributed by atoms with Crippen molar-refractivity contribution in [3.63, 3.8) is 0 Å². The van der Waals surface area contributed by atoms with Gasteiger partial charge in [0.25, 0.3) is 11.5 Å². The molecule has 3 heterocycles. The second-order valence-electron chi connectivity index (χ2n) is 5.80. The van der Waals surface area contributed by atoms with Crippen LogP contribution < -0.4 is 5.56 Å². The number of nitrogens with zero attached hydrogens (tertiary/aromatic N) is 3. The van der Waals surface area contributed by atoms with Crippen molar-refractivity contribution in [1.82, 2.24) is 14.3 Å².